The van der Waals surface area contributed by atoms with Gasteiger partial charge in [0.25, 0.3) is 0 Å². The summed E-state index contributed by atoms with van der Waals surface area (Å²) in [6, 6.07) is 2.23. The van der Waals surface area contributed by atoms with Crippen molar-refractivity contribution >= 4 is 34.7 Å². The fraction of sp³-hybridized carbons (Fsp3) is 0.739. The molecule has 11 nitrogen and oxygen atoms in total. The molecule has 1 aliphatic heterocycles. The Kier molecular flexibility index (Phi) is 8.14. The van der Waals surface area contributed by atoms with Crippen LogP contribution in [0.1, 0.15) is 65.2 Å². The van der Waals surface area contributed by atoms with E-state index in [0.717, 1.165) is 42.5 Å². The van der Waals surface area contributed by atoms with Gasteiger partial charge < -0.3 is 19.7 Å². The molecule has 2 aromatic rings. The molecule has 0 amide bonds. The zero-order valence-electron chi connectivity index (χ0n) is 21.2. The van der Waals surface area contributed by atoms with Crippen molar-refractivity contribution in [2.24, 2.45) is 5.92 Å². The minimum Gasteiger partial charge on any atom is -0.356 e. The van der Waals surface area contributed by atoms with E-state index in [0.29, 0.717) is 32.2 Å². The molecule has 3 N–H and O–H groups in total. The molecule has 1 saturated heterocycles. The lowest BCUT2D eigenvalue weighted by Crippen LogP contribution is -2.62. The van der Waals surface area contributed by atoms with Gasteiger partial charge in [-0.25, -0.2) is 23.0 Å². The van der Waals surface area contributed by atoms with E-state index >= 15 is 0 Å². The first kappa shape index (κ1) is 27.5. The molecule has 36 heavy (non-hydrogen) atoms. The number of fused-ring (bicyclic) bond motifs is 1. The number of nitrogens with zero attached hydrogens (tertiary/aromatic N) is 4. The highest BCUT2D eigenvalue weighted by molar-refractivity contribution is 7.89. The van der Waals surface area contributed by atoms with Crippen LogP contribution in [-0.2, 0) is 19.1 Å². The summed E-state index contributed by atoms with van der Waals surface area (Å²) in [5.41, 5.74) is -0.158. The first-order valence-corrected chi connectivity index (χ1v) is 15.9. The van der Waals surface area contributed by atoms with E-state index in [1.165, 1.54) is 4.31 Å². The number of sulfonamides is 1. The Morgan fingerprint density at radius 3 is 2.53 bits per heavy atom. The number of rotatable bonds is 9. The molecule has 0 unspecified atom stereocenters. The molecular formula is C23H38N5O6PS. The zero-order valence-corrected chi connectivity index (χ0v) is 22.9. The molecule has 2 aromatic heterocycles. The number of nitrogens with one attached hydrogen (secondary N) is 1. The van der Waals surface area contributed by atoms with Crippen LogP contribution >= 0.6 is 7.82 Å². The smallest absolute Gasteiger partial charge is 0.356 e. The Bertz CT molecular complexity index is 1190. The van der Waals surface area contributed by atoms with Crippen molar-refractivity contribution in [2.75, 3.05) is 24.2 Å². The summed E-state index contributed by atoms with van der Waals surface area (Å²) < 4.78 is 45.7. The Labute approximate surface area is 212 Å². The fourth-order valence-corrected chi connectivity index (χ4v) is 9.34. The van der Waals surface area contributed by atoms with Crippen LogP contribution in [0.15, 0.2) is 18.6 Å². The summed E-state index contributed by atoms with van der Waals surface area (Å²) in [7, 11) is -6.37. The molecule has 4 rings (SSSR count). The van der Waals surface area contributed by atoms with Gasteiger partial charge in [-0.05, 0) is 63.4 Å². The van der Waals surface area contributed by atoms with Gasteiger partial charge in [0.2, 0.25) is 10.0 Å². The van der Waals surface area contributed by atoms with Crippen LogP contribution in [0.4, 0.5) is 5.82 Å². The van der Waals surface area contributed by atoms with E-state index in [9.17, 15) is 22.8 Å². The zero-order chi connectivity index (χ0) is 26.1. The Morgan fingerprint density at radius 1 is 1.19 bits per heavy atom. The van der Waals surface area contributed by atoms with E-state index in [2.05, 4.69) is 19.9 Å². The molecule has 1 atom stereocenters. The second kappa shape index (κ2) is 10.7. The number of aromatic amines is 1. The first-order chi connectivity index (χ1) is 17.0. The molecule has 1 aliphatic carbocycles. The van der Waals surface area contributed by atoms with E-state index in [1.54, 1.807) is 6.33 Å². The fourth-order valence-electron chi connectivity index (χ4n) is 6.26. The molecule has 0 spiro atoms. The normalized spacial score (nSPS) is 25.8. The number of piperidine rings is 1. The predicted molar refractivity (Wildman–Crippen MR) is 138 cm³/mol. The third kappa shape index (κ3) is 5.49. The summed E-state index contributed by atoms with van der Waals surface area (Å²) in [6.07, 6.45) is 7.67. The molecule has 0 aromatic carbocycles. The van der Waals surface area contributed by atoms with Crippen LogP contribution < -0.4 is 4.90 Å². The van der Waals surface area contributed by atoms with Crippen LogP contribution in [-0.4, -0.2) is 74.5 Å². The lowest BCUT2D eigenvalue weighted by Gasteiger charge is -2.50. The Hall–Kier alpha value is -1.56. The van der Waals surface area contributed by atoms with Gasteiger partial charge in [-0.2, -0.15) is 4.31 Å². The lowest BCUT2D eigenvalue weighted by atomic mass is 9.81. The highest BCUT2D eigenvalue weighted by atomic mass is 32.2. The molecule has 0 radical (unpaired) electrons. The third-order valence-electron chi connectivity index (χ3n) is 8.23. The van der Waals surface area contributed by atoms with Crippen LogP contribution in [0.5, 0.6) is 0 Å². The van der Waals surface area contributed by atoms with Gasteiger partial charge in [0.1, 0.15) is 17.8 Å². The minimum absolute atomic E-state index is 0.0341. The van der Waals surface area contributed by atoms with Gasteiger partial charge >= 0.3 is 7.82 Å². The lowest BCUT2D eigenvalue weighted by molar-refractivity contribution is -0.0262. The van der Waals surface area contributed by atoms with E-state index in [4.69, 9.17) is 4.52 Å². The van der Waals surface area contributed by atoms with Gasteiger partial charge in [-0.1, -0.05) is 13.8 Å². The summed E-state index contributed by atoms with van der Waals surface area (Å²) in [5, 5.41) is 0.970. The van der Waals surface area contributed by atoms with Gasteiger partial charge in [0, 0.05) is 25.8 Å². The average Bonchev–Trinajstić information content (AvgIpc) is 3.32. The minimum atomic E-state index is -4.74. The van der Waals surface area contributed by atoms with Crippen molar-refractivity contribution in [2.45, 2.75) is 82.9 Å². The van der Waals surface area contributed by atoms with E-state index in [1.807, 2.05) is 33.2 Å². The number of H-pyrrole nitrogens is 1. The van der Waals surface area contributed by atoms with Crippen LogP contribution in [0.3, 0.4) is 0 Å². The second-order valence-electron chi connectivity index (χ2n) is 10.1. The van der Waals surface area contributed by atoms with Crippen LogP contribution in [0.25, 0.3) is 11.0 Å². The van der Waals surface area contributed by atoms with Gasteiger partial charge in [0.15, 0.2) is 0 Å². The largest absolute Gasteiger partial charge is 0.469 e. The molecule has 13 heteroatoms. The van der Waals surface area contributed by atoms with Crippen LogP contribution in [0.2, 0.25) is 0 Å². The third-order valence-corrected chi connectivity index (χ3v) is 10.9. The average molecular weight is 544 g/mol. The molecule has 2 fully saturated rings. The summed E-state index contributed by atoms with van der Waals surface area (Å²) in [4.78, 5) is 32.9. The number of hydrogen-bond donors (Lipinski definition) is 3. The van der Waals surface area contributed by atoms with E-state index in [-0.39, 0.29) is 17.7 Å². The SMILES string of the molecule is CCC1(CC)[C@H](OP(=O)(O)O)CCCN1S(=O)(=O)CC1CCC(N(C)c2ncnc3[nH]ccc23)CC1. The number of anilines is 1. The predicted octanol–water partition coefficient (Wildman–Crippen LogP) is 3.42. The molecule has 2 aliphatic rings. The number of phosphoric ester groups is 1. The number of phosphoric acid groups is 1. The molecular weight excluding hydrogens is 505 g/mol. The molecule has 1 saturated carbocycles. The quantitative estimate of drug-likeness (QED) is 0.405. The summed E-state index contributed by atoms with van der Waals surface area (Å²) in [5.74, 6) is 0.952. The van der Waals surface area contributed by atoms with Crippen molar-refractivity contribution in [1.82, 2.24) is 19.3 Å². The standard InChI is InChI=1S/C23H38N5O6PS/c1-4-23(5-2)20(34-35(29,30)31)7-6-14-28(23)36(32,33)15-17-8-10-18(11-9-17)27(3)22-19-12-13-24-21(19)25-16-26-22/h12-13,16-18,20H,4-11,14-15H2,1-3H3,(H,24,25,26)(H2,29,30,31)/t17?,18?,20-/m1/s1. The van der Waals surface area contributed by atoms with E-state index < -0.39 is 29.5 Å². The molecule has 202 valence electrons. The van der Waals surface area contributed by atoms with Gasteiger partial charge in [-0.3, -0.25) is 4.52 Å². The van der Waals surface area contributed by atoms with Gasteiger partial charge in [-0.15, -0.1) is 0 Å². The topological polar surface area (TPSA) is 149 Å². The first-order valence-electron chi connectivity index (χ1n) is 12.8. The number of hydrogen-bond acceptors (Lipinski definition) is 7. The van der Waals surface area contributed by atoms with Crippen molar-refractivity contribution in [1.29, 1.82) is 0 Å². The number of aromatic nitrogens is 3. The van der Waals surface area contributed by atoms with Gasteiger partial charge in [0.05, 0.1) is 22.8 Å². The van der Waals surface area contributed by atoms with Crippen LogP contribution in [0, 0.1) is 5.92 Å². The summed E-state index contributed by atoms with van der Waals surface area (Å²) >= 11 is 0. The second-order valence-corrected chi connectivity index (χ2v) is 13.2. The molecule has 3 heterocycles. The highest BCUT2D eigenvalue weighted by Gasteiger charge is 2.51. The van der Waals surface area contributed by atoms with Crippen molar-refractivity contribution in [3.63, 3.8) is 0 Å². The van der Waals surface area contributed by atoms with Crippen molar-refractivity contribution < 1.29 is 27.3 Å². The van der Waals surface area contributed by atoms with Crippen molar-refractivity contribution in [3.05, 3.63) is 18.6 Å². The Balaban J connectivity index is 1.44. The van der Waals surface area contributed by atoms with Crippen molar-refractivity contribution in [3.8, 4) is 0 Å². The maximum atomic E-state index is 13.7. The highest BCUT2D eigenvalue weighted by Crippen LogP contribution is 2.47. The summed E-state index contributed by atoms with van der Waals surface area (Å²) in [6.45, 7) is 4.08. The molecule has 0 bridgehead atoms. The monoisotopic (exact) mass is 543 g/mol. The Morgan fingerprint density at radius 2 is 1.89 bits per heavy atom. The maximum Gasteiger partial charge on any atom is 0.469 e. The maximum absolute atomic E-state index is 13.7.